The number of hydrogen-bond donors (Lipinski definition) is 2. The van der Waals surface area contributed by atoms with E-state index in [-0.39, 0.29) is 5.75 Å². The molecule has 0 aliphatic carbocycles. The van der Waals surface area contributed by atoms with E-state index in [1.165, 1.54) is 12.1 Å². The zero-order valence-electron chi connectivity index (χ0n) is 16.3. The van der Waals surface area contributed by atoms with Gasteiger partial charge in [0.1, 0.15) is 5.75 Å². The number of carbonyl (C=O) groups is 1. The quantitative estimate of drug-likeness (QED) is 0.428. The molecular formula is C22H17F3N4O2. The van der Waals surface area contributed by atoms with Crippen molar-refractivity contribution in [2.24, 2.45) is 0 Å². The standard InChI is InChI=1S/C22H17F3N4O2/c1-14-4-5-15-10-12-29(19(15)13-14)20-18(3-2-11-26-20)28-21(30)27-16-6-8-17(9-7-16)31-22(23,24)25/h2-13H,1H3,(H2,27,28,30). The van der Waals surface area contributed by atoms with E-state index in [1.54, 1.807) is 18.3 Å². The van der Waals surface area contributed by atoms with E-state index in [9.17, 15) is 18.0 Å². The number of fused-ring (bicyclic) bond motifs is 1. The Bertz CT molecular complexity index is 1230. The van der Waals surface area contributed by atoms with Crippen LogP contribution in [0.3, 0.4) is 0 Å². The van der Waals surface area contributed by atoms with Crippen LogP contribution in [0, 0.1) is 6.92 Å². The number of carbonyl (C=O) groups excluding carboxylic acids is 1. The average Bonchev–Trinajstić information content (AvgIpc) is 3.11. The summed E-state index contributed by atoms with van der Waals surface area (Å²) in [7, 11) is 0. The van der Waals surface area contributed by atoms with Gasteiger partial charge in [0.2, 0.25) is 0 Å². The summed E-state index contributed by atoms with van der Waals surface area (Å²) < 4.78 is 42.5. The van der Waals surface area contributed by atoms with Crippen LogP contribution in [-0.2, 0) is 0 Å². The van der Waals surface area contributed by atoms with Gasteiger partial charge >= 0.3 is 12.4 Å². The van der Waals surface area contributed by atoms with Crippen molar-refractivity contribution in [2.75, 3.05) is 10.6 Å². The third-order valence-electron chi connectivity index (χ3n) is 4.46. The molecule has 2 heterocycles. The largest absolute Gasteiger partial charge is 0.573 e. The number of benzene rings is 2. The van der Waals surface area contributed by atoms with Crippen molar-refractivity contribution >= 4 is 28.3 Å². The van der Waals surface area contributed by atoms with Gasteiger partial charge in [0.15, 0.2) is 5.82 Å². The molecule has 0 saturated heterocycles. The number of anilines is 2. The smallest absolute Gasteiger partial charge is 0.406 e. The lowest BCUT2D eigenvalue weighted by Gasteiger charge is -2.13. The predicted molar refractivity (Wildman–Crippen MR) is 112 cm³/mol. The Morgan fingerprint density at radius 3 is 2.55 bits per heavy atom. The first-order valence-electron chi connectivity index (χ1n) is 9.25. The minimum absolute atomic E-state index is 0.305. The van der Waals surface area contributed by atoms with E-state index >= 15 is 0 Å². The van der Waals surface area contributed by atoms with Crippen molar-refractivity contribution in [3.63, 3.8) is 0 Å². The summed E-state index contributed by atoms with van der Waals surface area (Å²) in [6.45, 7) is 1.99. The lowest BCUT2D eigenvalue weighted by molar-refractivity contribution is -0.274. The van der Waals surface area contributed by atoms with Crippen LogP contribution < -0.4 is 15.4 Å². The van der Waals surface area contributed by atoms with E-state index in [2.05, 4.69) is 20.4 Å². The van der Waals surface area contributed by atoms with Gasteiger partial charge in [-0.25, -0.2) is 9.78 Å². The van der Waals surface area contributed by atoms with E-state index in [0.717, 1.165) is 28.6 Å². The Labute approximate surface area is 175 Å². The topological polar surface area (TPSA) is 68.2 Å². The molecule has 0 spiro atoms. The van der Waals surface area contributed by atoms with Crippen LogP contribution in [0.25, 0.3) is 16.7 Å². The molecule has 0 fully saturated rings. The number of aryl methyl sites for hydroxylation is 1. The van der Waals surface area contributed by atoms with E-state index in [0.29, 0.717) is 17.2 Å². The monoisotopic (exact) mass is 426 g/mol. The molecule has 2 aromatic carbocycles. The van der Waals surface area contributed by atoms with Crippen LogP contribution >= 0.6 is 0 Å². The van der Waals surface area contributed by atoms with Gasteiger partial charge in [0.05, 0.1) is 11.2 Å². The van der Waals surface area contributed by atoms with Gasteiger partial charge in [-0.2, -0.15) is 0 Å². The molecule has 0 saturated carbocycles. The Balaban J connectivity index is 1.52. The number of rotatable bonds is 4. The molecule has 31 heavy (non-hydrogen) atoms. The highest BCUT2D eigenvalue weighted by molar-refractivity contribution is 6.01. The first-order chi connectivity index (χ1) is 14.8. The number of ether oxygens (including phenoxy) is 1. The fourth-order valence-corrected chi connectivity index (χ4v) is 3.13. The summed E-state index contributed by atoms with van der Waals surface area (Å²) in [5.74, 6) is 0.162. The van der Waals surface area contributed by atoms with Crippen molar-refractivity contribution in [2.45, 2.75) is 13.3 Å². The maximum atomic E-state index is 12.5. The first kappa shape index (κ1) is 20.3. The highest BCUT2D eigenvalue weighted by Gasteiger charge is 2.31. The SMILES string of the molecule is Cc1ccc2ccn(-c3ncccc3NC(=O)Nc3ccc(OC(F)(F)F)cc3)c2c1. The molecule has 4 rings (SSSR count). The minimum atomic E-state index is -4.77. The lowest BCUT2D eigenvalue weighted by Crippen LogP contribution is -2.21. The fraction of sp³-hybridized carbons (Fsp3) is 0.0909. The van der Waals surface area contributed by atoms with Crippen LogP contribution in [0.5, 0.6) is 5.75 Å². The number of alkyl halides is 3. The minimum Gasteiger partial charge on any atom is -0.406 e. The van der Waals surface area contributed by atoms with Gasteiger partial charge in [-0.3, -0.25) is 4.57 Å². The van der Waals surface area contributed by atoms with Crippen molar-refractivity contribution < 1.29 is 22.7 Å². The average molecular weight is 426 g/mol. The Morgan fingerprint density at radius 1 is 1.03 bits per heavy atom. The van der Waals surface area contributed by atoms with E-state index < -0.39 is 12.4 Å². The van der Waals surface area contributed by atoms with Gasteiger partial charge in [-0.1, -0.05) is 12.1 Å². The lowest BCUT2D eigenvalue weighted by atomic mass is 10.2. The summed E-state index contributed by atoms with van der Waals surface area (Å²) in [6.07, 6.45) is -1.28. The van der Waals surface area contributed by atoms with Gasteiger partial charge < -0.3 is 15.4 Å². The van der Waals surface area contributed by atoms with Crippen molar-refractivity contribution in [1.29, 1.82) is 0 Å². The summed E-state index contributed by atoms with van der Waals surface area (Å²) >= 11 is 0. The molecule has 4 aromatic rings. The number of hydrogen-bond acceptors (Lipinski definition) is 3. The predicted octanol–water partition coefficient (Wildman–Crippen LogP) is 5.88. The third-order valence-corrected chi connectivity index (χ3v) is 4.46. The molecule has 0 aliphatic rings. The zero-order chi connectivity index (χ0) is 22.0. The summed E-state index contributed by atoms with van der Waals surface area (Å²) in [5, 5.41) is 6.35. The number of urea groups is 1. The maximum Gasteiger partial charge on any atom is 0.573 e. The number of nitrogens with one attached hydrogen (secondary N) is 2. The molecular weight excluding hydrogens is 409 g/mol. The summed E-state index contributed by atoms with van der Waals surface area (Å²) in [5.41, 5.74) is 2.81. The molecule has 158 valence electrons. The molecule has 2 aromatic heterocycles. The van der Waals surface area contributed by atoms with E-state index in [1.807, 2.05) is 42.0 Å². The Hall–Kier alpha value is -4.01. The van der Waals surface area contributed by atoms with Crippen LogP contribution in [0.1, 0.15) is 5.56 Å². The molecule has 2 N–H and O–H groups in total. The molecule has 6 nitrogen and oxygen atoms in total. The third kappa shape index (κ3) is 4.77. The molecule has 2 amide bonds. The second-order valence-electron chi connectivity index (χ2n) is 6.77. The Kier molecular flexibility index (Phi) is 5.24. The van der Waals surface area contributed by atoms with Crippen LogP contribution in [0.15, 0.2) is 73.1 Å². The van der Waals surface area contributed by atoms with Crippen molar-refractivity contribution in [3.05, 3.63) is 78.6 Å². The highest BCUT2D eigenvalue weighted by Crippen LogP contribution is 2.26. The summed E-state index contributed by atoms with van der Waals surface area (Å²) in [4.78, 5) is 16.9. The molecule has 0 bridgehead atoms. The number of pyridine rings is 1. The van der Waals surface area contributed by atoms with Gasteiger partial charge in [-0.05, 0) is 61.0 Å². The second kappa shape index (κ2) is 8.02. The van der Waals surface area contributed by atoms with Crippen LogP contribution in [0.2, 0.25) is 0 Å². The Morgan fingerprint density at radius 2 is 1.81 bits per heavy atom. The van der Waals surface area contributed by atoms with Crippen molar-refractivity contribution in [1.82, 2.24) is 9.55 Å². The number of halogens is 3. The maximum absolute atomic E-state index is 12.5. The fourth-order valence-electron chi connectivity index (χ4n) is 3.13. The highest BCUT2D eigenvalue weighted by atomic mass is 19.4. The summed E-state index contributed by atoms with van der Waals surface area (Å²) in [6, 6.07) is 15.7. The number of nitrogens with zero attached hydrogens (tertiary/aromatic N) is 2. The second-order valence-corrected chi connectivity index (χ2v) is 6.77. The van der Waals surface area contributed by atoms with Gasteiger partial charge in [0.25, 0.3) is 0 Å². The molecule has 0 unspecified atom stereocenters. The molecule has 0 atom stereocenters. The van der Waals surface area contributed by atoms with Gasteiger partial charge in [0, 0.05) is 23.5 Å². The van der Waals surface area contributed by atoms with Crippen molar-refractivity contribution in [3.8, 4) is 11.6 Å². The molecule has 9 heteroatoms. The zero-order valence-corrected chi connectivity index (χ0v) is 16.3. The number of amides is 2. The van der Waals surface area contributed by atoms with Crippen LogP contribution in [0.4, 0.5) is 29.3 Å². The molecule has 0 radical (unpaired) electrons. The normalized spacial score (nSPS) is 11.4. The van der Waals surface area contributed by atoms with Crippen LogP contribution in [-0.4, -0.2) is 21.9 Å². The molecule has 0 aliphatic heterocycles. The first-order valence-corrected chi connectivity index (χ1v) is 9.25. The van der Waals surface area contributed by atoms with E-state index in [4.69, 9.17) is 0 Å². The van der Waals surface area contributed by atoms with Gasteiger partial charge in [-0.15, -0.1) is 13.2 Å². The number of aromatic nitrogens is 2.